The van der Waals surface area contributed by atoms with Gasteiger partial charge in [0, 0.05) is 23.0 Å². The number of rotatable bonds is 3. The number of nitrogens with zero attached hydrogens (tertiary/aromatic N) is 4. The van der Waals surface area contributed by atoms with Crippen molar-refractivity contribution >= 4 is 27.7 Å². The molecule has 1 aromatic heterocycles. The van der Waals surface area contributed by atoms with E-state index in [0.717, 1.165) is 20.1 Å². The van der Waals surface area contributed by atoms with Crippen molar-refractivity contribution in [2.75, 3.05) is 0 Å². The number of hydrogen-bond acceptors (Lipinski definition) is 5. The van der Waals surface area contributed by atoms with Gasteiger partial charge in [-0.15, -0.1) is 5.10 Å². The minimum absolute atomic E-state index is 0.493. The second-order valence-corrected chi connectivity index (χ2v) is 5.07. The maximum atomic E-state index is 5.69. The first-order valence-corrected chi connectivity index (χ1v) is 6.20. The number of hydrogen-bond donors (Lipinski definition) is 1. The zero-order valence-electron chi connectivity index (χ0n) is 8.59. The third-order valence-corrected chi connectivity index (χ3v) is 3.66. The predicted octanol–water partition coefficient (Wildman–Crippen LogP) is 1.58. The Hall–Kier alpha value is -0.920. The average Bonchev–Trinajstić information content (AvgIpc) is 2.67. The Morgan fingerprint density at radius 1 is 1.50 bits per heavy atom. The molecule has 0 aliphatic rings. The zero-order chi connectivity index (χ0) is 11.5. The number of tetrazole rings is 1. The molecule has 0 atom stereocenters. The highest BCUT2D eigenvalue weighted by Crippen LogP contribution is 2.29. The molecule has 84 valence electrons. The lowest BCUT2D eigenvalue weighted by Crippen LogP contribution is -1.99. The van der Waals surface area contributed by atoms with E-state index in [-0.39, 0.29) is 0 Å². The fourth-order valence-corrected chi connectivity index (χ4v) is 2.47. The smallest absolute Gasteiger partial charge is 0.213 e. The van der Waals surface area contributed by atoms with E-state index in [1.54, 1.807) is 4.68 Å². The second-order valence-electron chi connectivity index (χ2n) is 3.14. The monoisotopic (exact) mass is 299 g/mol. The second kappa shape index (κ2) is 4.94. The molecule has 0 aliphatic heterocycles. The molecular formula is C9H10BrN5S. The first-order chi connectivity index (χ1) is 7.70. The third-order valence-electron chi connectivity index (χ3n) is 2.02. The number of aromatic nitrogens is 4. The number of nitrogens with two attached hydrogens (primary N) is 1. The van der Waals surface area contributed by atoms with E-state index < -0.39 is 0 Å². The lowest BCUT2D eigenvalue weighted by Gasteiger charge is -2.06. The Bertz CT molecular complexity index is 498. The Morgan fingerprint density at radius 2 is 2.31 bits per heavy atom. The Morgan fingerprint density at radius 3 is 2.94 bits per heavy atom. The number of halogens is 1. The van der Waals surface area contributed by atoms with Crippen molar-refractivity contribution in [3.05, 3.63) is 28.2 Å². The SMILES string of the molecule is Cn1nnnc1Sc1ccc(Br)cc1CN. The van der Waals surface area contributed by atoms with Gasteiger partial charge in [0.1, 0.15) is 0 Å². The maximum Gasteiger partial charge on any atom is 0.213 e. The van der Waals surface area contributed by atoms with Crippen molar-refractivity contribution in [2.45, 2.75) is 16.6 Å². The molecule has 2 aromatic rings. The highest BCUT2D eigenvalue weighted by Gasteiger charge is 2.08. The van der Waals surface area contributed by atoms with Crippen LogP contribution in [0.5, 0.6) is 0 Å². The average molecular weight is 300 g/mol. The standard InChI is InChI=1S/C9H10BrN5S/c1-15-9(12-13-14-15)16-8-3-2-7(10)4-6(8)5-11/h2-4H,5,11H2,1H3. The summed E-state index contributed by atoms with van der Waals surface area (Å²) in [6, 6.07) is 5.99. The predicted molar refractivity (Wildman–Crippen MR) is 65.0 cm³/mol. The molecular weight excluding hydrogens is 290 g/mol. The molecule has 7 heteroatoms. The first kappa shape index (κ1) is 11.6. The summed E-state index contributed by atoms with van der Waals surface area (Å²) < 4.78 is 2.65. The molecule has 0 spiro atoms. The molecule has 0 saturated carbocycles. The first-order valence-electron chi connectivity index (χ1n) is 4.59. The van der Waals surface area contributed by atoms with Crippen LogP contribution in [0.4, 0.5) is 0 Å². The van der Waals surface area contributed by atoms with Gasteiger partial charge in [0.05, 0.1) is 0 Å². The molecule has 0 unspecified atom stereocenters. The van der Waals surface area contributed by atoms with Crippen LogP contribution < -0.4 is 5.73 Å². The lowest BCUT2D eigenvalue weighted by atomic mass is 10.2. The summed E-state index contributed by atoms with van der Waals surface area (Å²) in [4.78, 5) is 1.07. The number of aryl methyl sites for hydroxylation is 1. The Balaban J connectivity index is 2.31. The summed E-state index contributed by atoms with van der Waals surface area (Å²) in [6.07, 6.45) is 0. The quantitative estimate of drug-likeness (QED) is 0.932. The molecule has 1 aromatic carbocycles. The highest BCUT2D eigenvalue weighted by atomic mass is 79.9. The van der Waals surface area contributed by atoms with Gasteiger partial charge in [0.25, 0.3) is 0 Å². The minimum atomic E-state index is 0.493. The molecule has 0 amide bonds. The number of benzene rings is 1. The third kappa shape index (κ3) is 2.42. The minimum Gasteiger partial charge on any atom is -0.326 e. The van der Waals surface area contributed by atoms with E-state index in [1.165, 1.54) is 11.8 Å². The van der Waals surface area contributed by atoms with E-state index in [2.05, 4.69) is 31.5 Å². The summed E-state index contributed by atoms with van der Waals surface area (Å²) in [5.41, 5.74) is 6.77. The van der Waals surface area contributed by atoms with Crippen LogP contribution in [0.1, 0.15) is 5.56 Å². The molecule has 2 rings (SSSR count). The maximum absolute atomic E-state index is 5.69. The van der Waals surface area contributed by atoms with E-state index in [9.17, 15) is 0 Å². The fraction of sp³-hybridized carbons (Fsp3) is 0.222. The van der Waals surface area contributed by atoms with Crippen LogP contribution in [0.25, 0.3) is 0 Å². The summed E-state index contributed by atoms with van der Waals surface area (Å²) in [7, 11) is 1.81. The molecule has 0 saturated heterocycles. The van der Waals surface area contributed by atoms with E-state index >= 15 is 0 Å². The molecule has 0 bridgehead atoms. The topological polar surface area (TPSA) is 69.6 Å². The summed E-state index contributed by atoms with van der Waals surface area (Å²) >= 11 is 4.93. The van der Waals surface area contributed by atoms with Crippen molar-refractivity contribution in [3.63, 3.8) is 0 Å². The van der Waals surface area contributed by atoms with Crippen LogP contribution in [-0.2, 0) is 13.6 Å². The van der Waals surface area contributed by atoms with Gasteiger partial charge in [-0.05, 0) is 46.0 Å². The largest absolute Gasteiger partial charge is 0.326 e. The van der Waals surface area contributed by atoms with Crippen LogP contribution >= 0.6 is 27.7 Å². The molecule has 0 fully saturated rings. The van der Waals surface area contributed by atoms with Crippen molar-refractivity contribution in [1.82, 2.24) is 20.2 Å². The summed E-state index contributed by atoms with van der Waals surface area (Å²) in [5.74, 6) is 0. The van der Waals surface area contributed by atoms with Crippen LogP contribution in [0.15, 0.2) is 32.7 Å². The Kier molecular flexibility index (Phi) is 3.57. The molecule has 16 heavy (non-hydrogen) atoms. The van der Waals surface area contributed by atoms with Gasteiger partial charge in [0.2, 0.25) is 5.16 Å². The van der Waals surface area contributed by atoms with Gasteiger partial charge in [-0.3, -0.25) is 0 Å². The van der Waals surface area contributed by atoms with E-state index in [1.807, 2.05) is 25.2 Å². The molecule has 5 nitrogen and oxygen atoms in total. The van der Waals surface area contributed by atoms with Crippen molar-refractivity contribution in [1.29, 1.82) is 0 Å². The van der Waals surface area contributed by atoms with Crippen LogP contribution in [0, 0.1) is 0 Å². The zero-order valence-corrected chi connectivity index (χ0v) is 11.0. The molecule has 0 aliphatic carbocycles. The summed E-state index contributed by atoms with van der Waals surface area (Å²) in [5, 5.41) is 12.0. The highest BCUT2D eigenvalue weighted by molar-refractivity contribution is 9.10. The lowest BCUT2D eigenvalue weighted by molar-refractivity contribution is 0.664. The fourth-order valence-electron chi connectivity index (χ4n) is 1.21. The normalized spacial score (nSPS) is 10.7. The van der Waals surface area contributed by atoms with Gasteiger partial charge >= 0.3 is 0 Å². The van der Waals surface area contributed by atoms with E-state index in [4.69, 9.17) is 5.73 Å². The van der Waals surface area contributed by atoms with E-state index in [0.29, 0.717) is 6.54 Å². The molecule has 2 N–H and O–H groups in total. The van der Waals surface area contributed by atoms with Gasteiger partial charge in [-0.1, -0.05) is 15.9 Å². The van der Waals surface area contributed by atoms with Crippen LogP contribution in [0.3, 0.4) is 0 Å². The van der Waals surface area contributed by atoms with Crippen LogP contribution in [0.2, 0.25) is 0 Å². The van der Waals surface area contributed by atoms with Gasteiger partial charge in [-0.2, -0.15) is 0 Å². The molecule has 1 heterocycles. The van der Waals surface area contributed by atoms with Gasteiger partial charge in [0.15, 0.2) is 0 Å². The Labute approximate surface area is 106 Å². The van der Waals surface area contributed by atoms with Crippen molar-refractivity contribution < 1.29 is 0 Å². The summed E-state index contributed by atoms with van der Waals surface area (Å²) in [6.45, 7) is 0.493. The van der Waals surface area contributed by atoms with Crippen molar-refractivity contribution in [3.8, 4) is 0 Å². The van der Waals surface area contributed by atoms with Gasteiger partial charge in [-0.25, -0.2) is 4.68 Å². The van der Waals surface area contributed by atoms with Crippen LogP contribution in [-0.4, -0.2) is 20.2 Å². The molecule has 0 radical (unpaired) electrons. The van der Waals surface area contributed by atoms with Crippen molar-refractivity contribution in [2.24, 2.45) is 12.8 Å². The van der Waals surface area contributed by atoms with Gasteiger partial charge < -0.3 is 5.73 Å².